The van der Waals surface area contributed by atoms with E-state index >= 15 is 0 Å². The summed E-state index contributed by atoms with van der Waals surface area (Å²) in [5.74, 6) is -2.22. The molecule has 0 aliphatic heterocycles. The fourth-order valence-electron chi connectivity index (χ4n) is 2.92. The quantitative estimate of drug-likeness (QED) is 0.766. The van der Waals surface area contributed by atoms with Crippen LogP contribution in [0.2, 0.25) is 0 Å². The summed E-state index contributed by atoms with van der Waals surface area (Å²) in [6, 6.07) is 5.76. The number of ether oxygens (including phenoxy) is 1. The number of nitrogens with two attached hydrogens (primary N) is 1. The van der Waals surface area contributed by atoms with Crippen molar-refractivity contribution in [2.75, 3.05) is 7.11 Å². The van der Waals surface area contributed by atoms with Crippen LogP contribution in [0.15, 0.2) is 53.5 Å². The molecule has 2 atom stereocenters. The lowest BCUT2D eigenvalue weighted by molar-refractivity contribution is -0.124. The van der Waals surface area contributed by atoms with Crippen LogP contribution in [0.5, 0.6) is 0 Å². The molecule has 0 radical (unpaired) electrons. The molecule has 0 aromatic heterocycles. The van der Waals surface area contributed by atoms with Crippen LogP contribution in [0, 0.1) is 5.92 Å². The van der Waals surface area contributed by atoms with Gasteiger partial charge in [0.1, 0.15) is 5.92 Å². The zero-order valence-electron chi connectivity index (χ0n) is 14.2. The predicted molar refractivity (Wildman–Crippen MR) is 94.8 cm³/mol. The maximum absolute atomic E-state index is 13.2. The Morgan fingerprint density at radius 3 is 2.38 bits per heavy atom. The van der Waals surface area contributed by atoms with E-state index in [2.05, 4.69) is 5.32 Å². The van der Waals surface area contributed by atoms with Crippen LogP contribution in [0.4, 0.5) is 0 Å². The molecule has 2 unspecified atom stereocenters. The van der Waals surface area contributed by atoms with E-state index in [1.807, 2.05) is 0 Å². The number of allylic oxidation sites excluding steroid dienone is 2. The number of primary amides is 1. The van der Waals surface area contributed by atoms with Crippen molar-refractivity contribution >= 4 is 21.7 Å². The first-order valence-electron chi connectivity index (χ1n) is 8.18. The number of benzene rings is 1. The van der Waals surface area contributed by atoms with Gasteiger partial charge < -0.3 is 15.8 Å². The molecule has 7 nitrogen and oxygen atoms in total. The number of carbonyl (C=O) groups is 2. The van der Waals surface area contributed by atoms with Crippen molar-refractivity contribution in [2.45, 2.75) is 28.7 Å². The van der Waals surface area contributed by atoms with Crippen molar-refractivity contribution < 1.29 is 22.7 Å². The van der Waals surface area contributed by atoms with Crippen molar-refractivity contribution in [1.29, 1.82) is 0 Å². The highest BCUT2D eigenvalue weighted by molar-refractivity contribution is 7.93. The summed E-state index contributed by atoms with van der Waals surface area (Å²) in [7, 11) is -2.90. The molecule has 3 rings (SSSR count). The number of hydrogen-bond acceptors (Lipinski definition) is 5. The van der Waals surface area contributed by atoms with Gasteiger partial charge in [-0.25, -0.2) is 8.42 Å². The Morgan fingerprint density at radius 1 is 1.19 bits per heavy atom. The zero-order valence-corrected chi connectivity index (χ0v) is 15.0. The molecule has 1 fully saturated rings. The van der Waals surface area contributed by atoms with Gasteiger partial charge in [-0.3, -0.25) is 9.59 Å². The molecular formula is C18H20N2O5S. The highest BCUT2D eigenvalue weighted by Gasteiger charge is 2.52. The van der Waals surface area contributed by atoms with Gasteiger partial charge in [0.25, 0.3) is 5.91 Å². The molecule has 138 valence electrons. The van der Waals surface area contributed by atoms with E-state index in [4.69, 9.17) is 10.5 Å². The third-order valence-electron chi connectivity index (χ3n) is 4.56. The Bertz CT molecular complexity index is 885. The molecule has 0 bridgehead atoms. The van der Waals surface area contributed by atoms with Gasteiger partial charge in [0.15, 0.2) is 0 Å². The van der Waals surface area contributed by atoms with Crippen LogP contribution in [0.1, 0.15) is 23.2 Å². The number of rotatable bonds is 6. The van der Waals surface area contributed by atoms with Crippen molar-refractivity contribution in [3.05, 3.63) is 54.1 Å². The number of carbonyl (C=O) groups excluding carboxylic acids is 2. The second kappa shape index (κ2) is 6.69. The monoisotopic (exact) mass is 376 g/mol. The molecule has 26 heavy (non-hydrogen) atoms. The normalized spacial score (nSPS) is 25.0. The minimum absolute atomic E-state index is 0.0616. The Labute approximate surface area is 151 Å². The number of methoxy groups -OCH3 is 1. The van der Waals surface area contributed by atoms with Crippen LogP contribution in [-0.4, -0.2) is 38.3 Å². The second-order valence-corrected chi connectivity index (χ2v) is 8.44. The average Bonchev–Trinajstić information content (AvgIpc) is 3.45. The molecule has 3 N–H and O–H groups in total. The van der Waals surface area contributed by atoms with Crippen LogP contribution in [0.3, 0.4) is 0 Å². The topological polar surface area (TPSA) is 116 Å². The Hall–Kier alpha value is -2.45. The lowest BCUT2D eigenvalue weighted by atomic mass is 9.96. The molecule has 1 aromatic carbocycles. The third-order valence-corrected chi connectivity index (χ3v) is 6.85. The number of sulfone groups is 1. The summed E-state index contributed by atoms with van der Waals surface area (Å²) in [5.41, 5.74) is 5.76. The van der Waals surface area contributed by atoms with E-state index in [1.54, 1.807) is 6.08 Å². The number of nitrogens with one attached hydrogen (secondary N) is 1. The third kappa shape index (κ3) is 3.06. The van der Waals surface area contributed by atoms with E-state index in [-0.39, 0.29) is 16.8 Å². The van der Waals surface area contributed by atoms with Crippen LogP contribution < -0.4 is 11.1 Å². The molecule has 0 saturated heterocycles. The Balaban J connectivity index is 1.95. The molecule has 2 amide bonds. The molecule has 1 aromatic rings. The van der Waals surface area contributed by atoms with E-state index in [0.717, 1.165) is 12.8 Å². The first-order chi connectivity index (χ1) is 12.3. The lowest BCUT2D eigenvalue weighted by Crippen LogP contribution is -2.51. The molecule has 2 aliphatic carbocycles. The van der Waals surface area contributed by atoms with E-state index in [0.29, 0.717) is 5.56 Å². The smallest absolute Gasteiger partial charge is 0.251 e. The maximum atomic E-state index is 13.2. The summed E-state index contributed by atoms with van der Waals surface area (Å²) in [6.45, 7) is 0. The second-order valence-electron chi connectivity index (χ2n) is 6.33. The summed E-state index contributed by atoms with van der Waals surface area (Å²) >= 11 is 0. The van der Waals surface area contributed by atoms with Gasteiger partial charge in [-0.05, 0) is 43.2 Å². The van der Waals surface area contributed by atoms with Gasteiger partial charge >= 0.3 is 0 Å². The predicted octanol–water partition coefficient (Wildman–Crippen LogP) is 0.923. The molecule has 0 spiro atoms. The van der Waals surface area contributed by atoms with Gasteiger partial charge in [-0.2, -0.15) is 0 Å². The van der Waals surface area contributed by atoms with Gasteiger partial charge in [0, 0.05) is 18.7 Å². The van der Waals surface area contributed by atoms with Crippen molar-refractivity contribution in [3.8, 4) is 0 Å². The fourth-order valence-corrected chi connectivity index (χ4v) is 4.79. The average molecular weight is 376 g/mol. The SMILES string of the molecule is COC1(S(=O)(=O)c2ccc(C(=O)NC3CC3)cc2)C=CC=CC1C(N)=O. The molecule has 1 saturated carbocycles. The van der Waals surface area contributed by atoms with Crippen molar-refractivity contribution in [3.63, 3.8) is 0 Å². The van der Waals surface area contributed by atoms with Crippen LogP contribution >= 0.6 is 0 Å². The van der Waals surface area contributed by atoms with Crippen molar-refractivity contribution in [2.24, 2.45) is 11.7 Å². The number of amides is 2. The standard InChI is InChI=1S/C18H20N2O5S/c1-25-18(11-3-2-4-15(18)16(19)21)26(23,24)14-9-5-12(6-10-14)17(22)20-13-7-8-13/h2-6,9-11,13,15H,7-8H2,1H3,(H2,19,21)(H,20,22). The van der Waals surface area contributed by atoms with E-state index in [9.17, 15) is 18.0 Å². The van der Waals surface area contributed by atoms with Crippen LogP contribution in [-0.2, 0) is 19.4 Å². The summed E-state index contributed by atoms with van der Waals surface area (Å²) in [6.07, 6.45) is 7.68. The highest BCUT2D eigenvalue weighted by atomic mass is 32.2. The molecule has 2 aliphatic rings. The summed E-state index contributed by atoms with van der Waals surface area (Å²) in [4.78, 5) is 21.9. The van der Waals surface area contributed by atoms with Crippen molar-refractivity contribution in [1.82, 2.24) is 5.32 Å². The Morgan fingerprint density at radius 2 is 1.85 bits per heavy atom. The maximum Gasteiger partial charge on any atom is 0.251 e. The molecular weight excluding hydrogens is 356 g/mol. The first-order valence-corrected chi connectivity index (χ1v) is 9.66. The van der Waals surface area contributed by atoms with E-state index in [1.165, 1.54) is 49.6 Å². The minimum atomic E-state index is -4.11. The highest BCUT2D eigenvalue weighted by Crippen LogP contribution is 2.38. The molecule has 8 heteroatoms. The van der Waals surface area contributed by atoms with Crippen LogP contribution in [0.25, 0.3) is 0 Å². The van der Waals surface area contributed by atoms with Gasteiger partial charge in [-0.1, -0.05) is 18.2 Å². The zero-order chi connectivity index (χ0) is 18.9. The summed E-state index contributed by atoms with van der Waals surface area (Å²) in [5, 5.41) is 2.84. The van der Waals surface area contributed by atoms with Gasteiger partial charge in [-0.15, -0.1) is 0 Å². The largest absolute Gasteiger partial charge is 0.369 e. The minimum Gasteiger partial charge on any atom is -0.369 e. The van der Waals surface area contributed by atoms with Gasteiger partial charge in [0.05, 0.1) is 4.90 Å². The lowest BCUT2D eigenvalue weighted by Gasteiger charge is -2.34. The fraction of sp³-hybridized carbons (Fsp3) is 0.333. The first kappa shape index (κ1) is 18.3. The van der Waals surface area contributed by atoms with E-state index < -0.39 is 26.6 Å². The summed E-state index contributed by atoms with van der Waals surface area (Å²) < 4.78 is 31.7. The number of hydrogen-bond donors (Lipinski definition) is 2. The van der Waals surface area contributed by atoms with Gasteiger partial charge in [0.2, 0.25) is 20.7 Å². The molecule has 0 heterocycles. The Kier molecular flexibility index (Phi) is 4.72.